The van der Waals surface area contributed by atoms with Crippen LogP contribution >= 0.6 is 0 Å². The molecule has 0 spiro atoms. The molecule has 0 aromatic carbocycles. The van der Waals surface area contributed by atoms with Crippen LogP contribution in [0.2, 0.25) is 0 Å². The van der Waals surface area contributed by atoms with Gasteiger partial charge in [-0.05, 0) is 12.8 Å². The predicted octanol–water partition coefficient (Wildman–Crippen LogP) is 1.66. The summed E-state index contributed by atoms with van der Waals surface area (Å²) in [7, 11) is 0. The fourth-order valence-corrected chi connectivity index (χ4v) is 5.28. The quantitative estimate of drug-likeness (QED) is 0.554. The highest BCUT2D eigenvalue weighted by atomic mass is 16.6. The van der Waals surface area contributed by atoms with Gasteiger partial charge in [0.1, 0.15) is 6.10 Å². The molecule has 26 heavy (non-hydrogen) atoms. The van der Waals surface area contributed by atoms with E-state index in [1.54, 1.807) is 6.92 Å². The Hall–Kier alpha value is -1.92. The molecule has 7 atom stereocenters. The molecule has 0 radical (unpaired) electrons. The van der Waals surface area contributed by atoms with Crippen molar-refractivity contribution < 1.29 is 33.4 Å². The molecule has 0 aromatic heterocycles. The molecule has 1 heterocycles. The minimum Gasteiger partial charge on any atom is -0.465 e. The van der Waals surface area contributed by atoms with Gasteiger partial charge in [-0.3, -0.25) is 19.2 Å². The summed E-state index contributed by atoms with van der Waals surface area (Å²) in [6, 6.07) is 0. The molecule has 3 aliphatic rings. The lowest BCUT2D eigenvalue weighted by molar-refractivity contribution is -0.187. The minimum absolute atomic E-state index is 0.0680. The molecule has 7 heteroatoms. The Kier molecular flexibility index (Phi) is 4.84. The normalized spacial score (nSPS) is 41.7. The van der Waals surface area contributed by atoms with Gasteiger partial charge in [0.25, 0.3) is 0 Å². The highest BCUT2D eigenvalue weighted by Gasteiger charge is 2.63. The molecular weight excluding hydrogens is 340 g/mol. The number of fused-ring (bicyclic) bond motifs is 3. The Bertz CT molecular complexity index is 642. The monoisotopic (exact) mass is 366 g/mol. The van der Waals surface area contributed by atoms with E-state index in [4.69, 9.17) is 14.2 Å². The van der Waals surface area contributed by atoms with Crippen molar-refractivity contribution >= 4 is 23.7 Å². The van der Waals surface area contributed by atoms with Crippen molar-refractivity contribution in [1.29, 1.82) is 0 Å². The number of ether oxygens (including phenoxy) is 3. The lowest BCUT2D eigenvalue weighted by atomic mass is 9.52. The molecule has 0 aromatic rings. The van der Waals surface area contributed by atoms with Crippen molar-refractivity contribution in [2.75, 3.05) is 6.61 Å². The smallest absolute Gasteiger partial charge is 0.309 e. The molecule has 1 unspecified atom stereocenters. The zero-order chi connectivity index (χ0) is 19.2. The SMILES string of the molecule is CC(=O)OC[C@@]12CCC3[C@H](C)C(=O)O[C@@H]3[C@H]1[C@H](C)C(=O)[C@H](OC(C)=O)C2. The van der Waals surface area contributed by atoms with E-state index < -0.39 is 29.4 Å². The van der Waals surface area contributed by atoms with E-state index in [9.17, 15) is 19.2 Å². The zero-order valence-electron chi connectivity index (χ0n) is 15.7. The van der Waals surface area contributed by atoms with Gasteiger partial charge < -0.3 is 14.2 Å². The summed E-state index contributed by atoms with van der Waals surface area (Å²) < 4.78 is 16.3. The number of hydrogen-bond donors (Lipinski definition) is 0. The number of hydrogen-bond acceptors (Lipinski definition) is 7. The molecule has 2 aliphatic carbocycles. The lowest BCUT2D eigenvalue weighted by Crippen LogP contribution is -2.59. The zero-order valence-corrected chi connectivity index (χ0v) is 15.7. The maximum Gasteiger partial charge on any atom is 0.309 e. The summed E-state index contributed by atoms with van der Waals surface area (Å²) in [5, 5.41) is 0. The lowest BCUT2D eigenvalue weighted by Gasteiger charge is -2.54. The van der Waals surface area contributed by atoms with Crippen molar-refractivity contribution in [2.45, 2.75) is 59.2 Å². The Morgan fingerprint density at radius 1 is 1.15 bits per heavy atom. The van der Waals surface area contributed by atoms with Gasteiger partial charge in [-0.1, -0.05) is 13.8 Å². The van der Waals surface area contributed by atoms with Gasteiger partial charge in [-0.15, -0.1) is 0 Å². The third-order valence-corrected chi connectivity index (χ3v) is 6.49. The Balaban J connectivity index is 1.96. The van der Waals surface area contributed by atoms with Crippen LogP contribution in [0.5, 0.6) is 0 Å². The van der Waals surface area contributed by atoms with Crippen LogP contribution < -0.4 is 0 Å². The van der Waals surface area contributed by atoms with Crippen LogP contribution in [0, 0.1) is 29.1 Å². The predicted molar refractivity (Wildman–Crippen MR) is 88.7 cm³/mol. The molecule has 0 N–H and O–H groups in total. The van der Waals surface area contributed by atoms with E-state index >= 15 is 0 Å². The second-order valence-electron chi connectivity index (χ2n) is 8.05. The Morgan fingerprint density at radius 2 is 1.85 bits per heavy atom. The van der Waals surface area contributed by atoms with Crippen LogP contribution in [-0.2, 0) is 33.4 Å². The van der Waals surface area contributed by atoms with Gasteiger partial charge in [0.2, 0.25) is 0 Å². The highest BCUT2D eigenvalue weighted by Crippen LogP contribution is 2.57. The largest absolute Gasteiger partial charge is 0.465 e. The topological polar surface area (TPSA) is 96.0 Å². The number of ketones is 1. The Morgan fingerprint density at radius 3 is 2.46 bits per heavy atom. The number of esters is 3. The van der Waals surface area contributed by atoms with Crippen molar-refractivity contribution in [3.63, 3.8) is 0 Å². The van der Waals surface area contributed by atoms with Crippen molar-refractivity contribution in [1.82, 2.24) is 0 Å². The van der Waals surface area contributed by atoms with Crippen molar-refractivity contribution in [2.24, 2.45) is 29.1 Å². The van der Waals surface area contributed by atoms with E-state index in [-0.39, 0.29) is 42.2 Å². The van der Waals surface area contributed by atoms with Crippen molar-refractivity contribution in [3.05, 3.63) is 0 Å². The van der Waals surface area contributed by atoms with Gasteiger partial charge in [-0.25, -0.2) is 0 Å². The molecule has 144 valence electrons. The van der Waals surface area contributed by atoms with Crippen molar-refractivity contribution in [3.8, 4) is 0 Å². The van der Waals surface area contributed by atoms with Gasteiger partial charge >= 0.3 is 17.9 Å². The molecular formula is C19H26O7. The molecule has 1 saturated heterocycles. The first kappa shape index (κ1) is 18.9. The van der Waals surface area contributed by atoms with Crippen LogP contribution in [0.15, 0.2) is 0 Å². The van der Waals surface area contributed by atoms with Gasteiger partial charge in [0.15, 0.2) is 11.9 Å². The number of Topliss-reactive ketones (excluding diaryl/α,β-unsaturated/α-hetero) is 1. The van der Waals surface area contributed by atoms with E-state index in [1.807, 2.05) is 6.92 Å². The van der Waals surface area contributed by atoms with Gasteiger partial charge in [0, 0.05) is 43.4 Å². The van der Waals surface area contributed by atoms with Crippen LogP contribution in [0.4, 0.5) is 0 Å². The fourth-order valence-electron chi connectivity index (χ4n) is 5.28. The Labute approximate surface area is 152 Å². The summed E-state index contributed by atoms with van der Waals surface area (Å²) >= 11 is 0. The molecule has 2 saturated carbocycles. The standard InChI is InChI=1S/C19H26O7/c1-9-13-5-6-19(8-24-11(3)20)7-14(25-12(4)21)16(22)10(2)15(19)17(13)26-18(9)23/h9-10,13-15,17H,5-8H2,1-4H3/t9-,10-,13?,14+,15+,17-,19-/m0/s1. The van der Waals surface area contributed by atoms with Crippen LogP contribution in [0.3, 0.4) is 0 Å². The second-order valence-corrected chi connectivity index (χ2v) is 8.05. The fraction of sp³-hybridized carbons (Fsp3) is 0.789. The summed E-state index contributed by atoms with van der Waals surface area (Å²) in [5.41, 5.74) is -0.537. The summed E-state index contributed by atoms with van der Waals surface area (Å²) in [6.07, 6.45) is 0.536. The molecule has 1 aliphatic heterocycles. The second kappa shape index (κ2) is 6.67. The van der Waals surface area contributed by atoms with E-state index in [0.29, 0.717) is 12.8 Å². The van der Waals surface area contributed by atoms with Gasteiger partial charge in [0.05, 0.1) is 12.5 Å². The number of carbonyl (C=O) groups is 4. The van der Waals surface area contributed by atoms with E-state index in [0.717, 1.165) is 6.42 Å². The summed E-state index contributed by atoms with van der Waals surface area (Å²) in [5.74, 6) is -2.11. The van der Waals surface area contributed by atoms with Crippen LogP contribution in [-0.4, -0.2) is 42.5 Å². The first-order chi connectivity index (χ1) is 12.2. The van der Waals surface area contributed by atoms with E-state index in [2.05, 4.69) is 0 Å². The first-order valence-electron chi connectivity index (χ1n) is 9.21. The summed E-state index contributed by atoms with van der Waals surface area (Å²) in [4.78, 5) is 47.8. The molecule has 7 nitrogen and oxygen atoms in total. The third-order valence-electron chi connectivity index (χ3n) is 6.49. The first-order valence-corrected chi connectivity index (χ1v) is 9.21. The minimum atomic E-state index is -0.847. The average Bonchev–Trinajstić information content (AvgIpc) is 2.84. The van der Waals surface area contributed by atoms with Gasteiger partial charge in [-0.2, -0.15) is 0 Å². The van der Waals surface area contributed by atoms with Crippen LogP contribution in [0.25, 0.3) is 0 Å². The average molecular weight is 366 g/mol. The highest BCUT2D eigenvalue weighted by molar-refractivity contribution is 5.88. The number of carbonyl (C=O) groups excluding carboxylic acids is 4. The molecule has 3 rings (SSSR count). The third kappa shape index (κ3) is 3.01. The molecule has 3 fully saturated rings. The maximum atomic E-state index is 12.8. The molecule has 0 amide bonds. The summed E-state index contributed by atoms with van der Waals surface area (Å²) in [6.45, 7) is 6.42. The molecule has 0 bridgehead atoms. The maximum absolute atomic E-state index is 12.8. The number of rotatable bonds is 3. The van der Waals surface area contributed by atoms with E-state index in [1.165, 1.54) is 13.8 Å². The van der Waals surface area contributed by atoms with Crippen LogP contribution in [0.1, 0.15) is 47.0 Å².